The van der Waals surface area contributed by atoms with Gasteiger partial charge in [0.05, 0.1) is 9.95 Å². The zero-order valence-corrected chi connectivity index (χ0v) is 9.10. The third-order valence-corrected chi connectivity index (χ3v) is 2.11. The third kappa shape index (κ3) is 2.94. The summed E-state index contributed by atoms with van der Waals surface area (Å²) in [7, 11) is 0. The first-order valence-electron chi connectivity index (χ1n) is 4.30. The van der Waals surface area contributed by atoms with Crippen LogP contribution in [-0.4, -0.2) is 4.92 Å². The van der Waals surface area contributed by atoms with Gasteiger partial charge >= 0.3 is 0 Å². The molecule has 0 fully saturated rings. The molecule has 0 unspecified atom stereocenters. The first kappa shape index (κ1) is 12.5. The molecule has 0 bridgehead atoms. The summed E-state index contributed by atoms with van der Waals surface area (Å²) in [5.74, 6) is 0. The Balaban J connectivity index is 3.16. The molecule has 0 saturated heterocycles. The van der Waals surface area contributed by atoms with Crippen molar-refractivity contribution >= 4 is 23.0 Å². The molecule has 6 nitrogen and oxygen atoms in total. The molecule has 17 heavy (non-hydrogen) atoms. The average Bonchev–Trinajstić information content (AvgIpc) is 2.31. The number of hydrogen-bond donors (Lipinski definition) is 1. The van der Waals surface area contributed by atoms with Crippen LogP contribution in [0.25, 0.3) is 0 Å². The van der Waals surface area contributed by atoms with Crippen LogP contribution in [0.4, 0.5) is 11.4 Å². The highest BCUT2D eigenvalue weighted by molar-refractivity contribution is 6.33. The molecule has 1 N–H and O–H groups in total. The van der Waals surface area contributed by atoms with Gasteiger partial charge in [-0.2, -0.15) is 10.5 Å². The van der Waals surface area contributed by atoms with Crippen LogP contribution in [0.15, 0.2) is 30.0 Å². The van der Waals surface area contributed by atoms with E-state index in [0.717, 1.165) is 6.20 Å². The summed E-state index contributed by atoms with van der Waals surface area (Å²) >= 11 is 5.78. The highest BCUT2D eigenvalue weighted by Crippen LogP contribution is 2.31. The van der Waals surface area contributed by atoms with Crippen LogP contribution in [0.5, 0.6) is 0 Å². The average molecular weight is 249 g/mol. The lowest BCUT2D eigenvalue weighted by molar-refractivity contribution is -0.383. The highest BCUT2D eigenvalue weighted by Gasteiger charge is 2.15. The number of rotatable bonds is 3. The molecule has 0 amide bonds. The van der Waals surface area contributed by atoms with Gasteiger partial charge in [0.15, 0.2) is 0 Å². The third-order valence-electron chi connectivity index (χ3n) is 1.79. The molecule has 84 valence electrons. The van der Waals surface area contributed by atoms with Gasteiger partial charge in [-0.05, 0) is 6.07 Å². The van der Waals surface area contributed by atoms with Gasteiger partial charge < -0.3 is 5.32 Å². The lowest BCUT2D eigenvalue weighted by Crippen LogP contribution is -1.97. The van der Waals surface area contributed by atoms with Crippen molar-refractivity contribution in [3.8, 4) is 12.1 Å². The minimum atomic E-state index is -0.611. The van der Waals surface area contributed by atoms with Crippen molar-refractivity contribution in [3.63, 3.8) is 0 Å². The summed E-state index contributed by atoms with van der Waals surface area (Å²) < 4.78 is 0. The van der Waals surface area contributed by atoms with Crippen molar-refractivity contribution in [2.45, 2.75) is 0 Å². The van der Waals surface area contributed by atoms with E-state index in [9.17, 15) is 10.1 Å². The number of nitriles is 2. The number of para-hydroxylation sites is 1. The topological polar surface area (TPSA) is 103 Å². The van der Waals surface area contributed by atoms with Crippen molar-refractivity contribution in [2.24, 2.45) is 0 Å². The second kappa shape index (κ2) is 5.50. The molecule has 0 radical (unpaired) electrons. The van der Waals surface area contributed by atoms with Gasteiger partial charge in [-0.25, -0.2) is 0 Å². The van der Waals surface area contributed by atoms with E-state index in [4.69, 9.17) is 22.1 Å². The summed E-state index contributed by atoms with van der Waals surface area (Å²) in [6, 6.07) is 7.39. The fourth-order valence-corrected chi connectivity index (χ4v) is 1.27. The number of anilines is 1. The van der Waals surface area contributed by atoms with E-state index < -0.39 is 4.92 Å². The lowest BCUT2D eigenvalue weighted by atomic mass is 10.2. The highest BCUT2D eigenvalue weighted by atomic mass is 35.5. The zero-order valence-electron chi connectivity index (χ0n) is 8.35. The Morgan fingerprint density at radius 3 is 2.65 bits per heavy atom. The van der Waals surface area contributed by atoms with Gasteiger partial charge in [0.25, 0.3) is 5.69 Å². The zero-order chi connectivity index (χ0) is 12.8. The Morgan fingerprint density at radius 2 is 2.12 bits per heavy atom. The number of nitro groups is 1. The molecular weight excluding hydrogens is 244 g/mol. The van der Waals surface area contributed by atoms with Crippen molar-refractivity contribution in [1.82, 2.24) is 0 Å². The number of nitrogens with zero attached hydrogens (tertiary/aromatic N) is 3. The maximum absolute atomic E-state index is 10.7. The number of hydrogen-bond acceptors (Lipinski definition) is 5. The van der Waals surface area contributed by atoms with Crippen molar-refractivity contribution in [2.75, 3.05) is 5.32 Å². The normalized spacial score (nSPS) is 8.65. The summed E-state index contributed by atoms with van der Waals surface area (Å²) in [4.78, 5) is 10.1. The summed E-state index contributed by atoms with van der Waals surface area (Å²) in [6.45, 7) is 0. The quantitative estimate of drug-likeness (QED) is 0.503. The number of nitrogens with one attached hydrogen (secondary N) is 1. The molecule has 0 atom stereocenters. The number of halogens is 1. The van der Waals surface area contributed by atoms with Crippen LogP contribution in [0, 0.1) is 32.8 Å². The molecule has 7 heteroatoms. The number of nitro benzene ring substituents is 1. The van der Waals surface area contributed by atoms with E-state index >= 15 is 0 Å². The van der Waals surface area contributed by atoms with Crippen LogP contribution in [-0.2, 0) is 0 Å². The Hall–Kier alpha value is -2.57. The van der Waals surface area contributed by atoms with Gasteiger partial charge in [0.1, 0.15) is 23.4 Å². The van der Waals surface area contributed by atoms with Crippen molar-refractivity contribution in [3.05, 3.63) is 45.1 Å². The van der Waals surface area contributed by atoms with Gasteiger partial charge in [0.2, 0.25) is 0 Å². The molecule has 0 aromatic heterocycles. The second-order valence-corrected chi connectivity index (χ2v) is 3.22. The molecule has 0 heterocycles. The fraction of sp³-hybridized carbons (Fsp3) is 0. The van der Waals surface area contributed by atoms with E-state index in [1.165, 1.54) is 18.2 Å². The SMILES string of the molecule is N#CC(C#N)=CNc1c(Cl)cccc1[N+](=O)[O-]. The van der Waals surface area contributed by atoms with Crippen molar-refractivity contribution in [1.29, 1.82) is 10.5 Å². The predicted molar refractivity (Wildman–Crippen MR) is 61.0 cm³/mol. The van der Waals surface area contributed by atoms with E-state index in [0.29, 0.717) is 0 Å². The van der Waals surface area contributed by atoms with Gasteiger partial charge in [-0.1, -0.05) is 17.7 Å². The van der Waals surface area contributed by atoms with E-state index in [-0.39, 0.29) is 22.0 Å². The Labute approximate surface area is 101 Å². The predicted octanol–water partition coefficient (Wildman–Crippen LogP) is 2.59. The molecule has 0 aliphatic rings. The molecule has 1 aromatic rings. The Kier molecular flexibility index (Phi) is 4.04. The number of benzene rings is 1. The monoisotopic (exact) mass is 248 g/mol. The summed E-state index contributed by atoms with van der Waals surface area (Å²) in [5, 5.41) is 30.3. The summed E-state index contributed by atoms with van der Waals surface area (Å²) in [6.07, 6.45) is 1.06. The van der Waals surface area contributed by atoms with E-state index in [2.05, 4.69) is 5.32 Å². The number of allylic oxidation sites excluding steroid dienone is 1. The first-order valence-corrected chi connectivity index (χ1v) is 4.67. The molecule has 1 rings (SSSR count). The minimum absolute atomic E-state index is 0.0437. The fourth-order valence-electron chi connectivity index (χ4n) is 1.04. The molecule has 0 saturated carbocycles. The van der Waals surface area contributed by atoms with Crippen LogP contribution in [0.3, 0.4) is 0 Å². The molecule has 1 aromatic carbocycles. The molecule has 0 aliphatic carbocycles. The molecule has 0 aliphatic heterocycles. The van der Waals surface area contributed by atoms with Gasteiger partial charge in [-0.15, -0.1) is 0 Å². The molecule has 0 spiro atoms. The van der Waals surface area contributed by atoms with Crippen molar-refractivity contribution < 1.29 is 4.92 Å². The van der Waals surface area contributed by atoms with Crippen LogP contribution >= 0.6 is 11.6 Å². The summed E-state index contributed by atoms with van der Waals surface area (Å²) in [5.41, 5.74) is -0.398. The smallest absolute Gasteiger partial charge is 0.294 e. The van der Waals surface area contributed by atoms with E-state index in [1.807, 2.05) is 0 Å². The Morgan fingerprint density at radius 1 is 1.47 bits per heavy atom. The second-order valence-electron chi connectivity index (χ2n) is 2.82. The van der Waals surface area contributed by atoms with E-state index in [1.54, 1.807) is 12.1 Å². The van der Waals surface area contributed by atoms with Crippen LogP contribution < -0.4 is 5.32 Å². The van der Waals surface area contributed by atoms with Crippen LogP contribution in [0.2, 0.25) is 5.02 Å². The largest absolute Gasteiger partial charge is 0.353 e. The maximum atomic E-state index is 10.7. The van der Waals surface area contributed by atoms with Gasteiger partial charge in [0, 0.05) is 12.3 Å². The lowest BCUT2D eigenvalue weighted by Gasteiger charge is -2.04. The maximum Gasteiger partial charge on any atom is 0.294 e. The minimum Gasteiger partial charge on any atom is -0.353 e. The van der Waals surface area contributed by atoms with Gasteiger partial charge in [-0.3, -0.25) is 10.1 Å². The standard InChI is InChI=1S/C10H5ClN4O2/c11-8-2-1-3-9(15(16)17)10(8)14-6-7(4-12)5-13/h1-3,6,14H. The van der Waals surface area contributed by atoms with Crippen LogP contribution in [0.1, 0.15) is 0 Å². The molecular formula is C10H5ClN4O2. The Bertz CT molecular complexity index is 553. The first-order chi connectivity index (χ1) is 8.10.